The van der Waals surface area contributed by atoms with Gasteiger partial charge in [-0.2, -0.15) is 0 Å². The fourth-order valence-corrected chi connectivity index (χ4v) is 2.02. The number of methoxy groups -OCH3 is 1. The Morgan fingerprint density at radius 2 is 2.08 bits per heavy atom. The molecule has 0 aromatic rings. The van der Waals surface area contributed by atoms with Crippen molar-refractivity contribution in [2.75, 3.05) is 26.7 Å². The van der Waals surface area contributed by atoms with Gasteiger partial charge in [0.2, 0.25) is 0 Å². The van der Waals surface area contributed by atoms with E-state index >= 15 is 0 Å². The molecular weight excluding hydrogens is 162 g/mol. The Morgan fingerprint density at radius 1 is 1.38 bits per heavy atom. The number of nitrogens with zero attached hydrogens (tertiary/aromatic N) is 1. The first kappa shape index (κ1) is 11.0. The molecule has 2 heteroatoms. The van der Waals surface area contributed by atoms with E-state index in [4.69, 9.17) is 4.74 Å². The second kappa shape index (κ2) is 4.43. The summed E-state index contributed by atoms with van der Waals surface area (Å²) in [5.41, 5.74) is 0.412. The maximum Gasteiger partial charge on any atom is 0.0698 e. The molecular formula is C11H23NO. The molecule has 13 heavy (non-hydrogen) atoms. The van der Waals surface area contributed by atoms with Gasteiger partial charge in [0, 0.05) is 20.2 Å². The molecule has 0 radical (unpaired) electrons. The second-order valence-corrected chi connectivity index (χ2v) is 5.30. The van der Waals surface area contributed by atoms with Crippen molar-refractivity contribution in [3.8, 4) is 0 Å². The minimum Gasteiger partial charge on any atom is -0.380 e. The third-order valence-electron chi connectivity index (χ3n) is 2.49. The van der Waals surface area contributed by atoms with Crippen molar-refractivity contribution < 1.29 is 4.74 Å². The van der Waals surface area contributed by atoms with Crippen LogP contribution < -0.4 is 0 Å². The van der Waals surface area contributed by atoms with E-state index in [-0.39, 0.29) is 0 Å². The van der Waals surface area contributed by atoms with Crippen molar-refractivity contribution in [3.05, 3.63) is 0 Å². The van der Waals surface area contributed by atoms with E-state index in [1.165, 1.54) is 25.9 Å². The van der Waals surface area contributed by atoms with Gasteiger partial charge >= 0.3 is 0 Å². The van der Waals surface area contributed by atoms with Gasteiger partial charge in [-0.15, -0.1) is 0 Å². The number of ether oxygens (including phenoxy) is 1. The smallest absolute Gasteiger partial charge is 0.0698 e. The van der Waals surface area contributed by atoms with E-state index in [0.29, 0.717) is 11.5 Å². The number of hydrogen-bond donors (Lipinski definition) is 0. The Balaban J connectivity index is 2.34. The van der Waals surface area contributed by atoms with Gasteiger partial charge in [0.1, 0.15) is 0 Å². The van der Waals surface area contributed by atoms with E-state index in [0.717, 1.165) is 6.54 Å². The molecule has 0 amide bonds. The van der Waals surface area contributed by atoms with Gasteiger partial charge in [0.05, 0.1) is 6.10 Å². The summed E-state index contributed by atoms with van der Waals surface area (Å²) in [6.45, 7) is 10.4. The number of hydrogen-bond acceptors (Lipinski definition) is 2. The van der Waals surface area contributed by atoms with Crippen LogP contribution in [0, 0.1) is 5.41 Å². The molecule has 1 heterocycles. The lowest BCUT2D eigenvalue weighted by molar-refractivity contribution is 0.0203. The summed E-state index contributed by atoms with van der Waals surface area (Å²) in [4.78, 5) is 2.53. The van der Waals surface area contributed by atoms with E-state index in [2.05, 4.69) is 25.7 Å². The predicted octanol–water partition coefficient (Wildman–Crippen LogP) is 2.14. The van der Waals surface area contributed by atoms with E-state index < -0.39 is 0 Å². The van der Waals surface area contributed by atoms with Crippen molar-refractivity contribution in [1.82, 2.24) is 4.90 Å². The maximum absolute atomic E-state index is 5.39. The average Bonchev–Trinajstić information content (AvgIpc) is 2.01. The summed E-state index contributed by atoms with van der Waals surface area (Å²) < 4.78 is 5.39. The normalized spacial score (nSPS) is 26.3. The molecule has 0 unspecified atom stereocenters. The van der Waals surface area contributed by atoms with Crippen LogP contribution in [-0.4, -0.2) is 37.7 Å². The lowest BCUT2D eigenvalue weighted by Crippen LogP contribution is -2.43. The van der Waals surface area contributed by atoms with Crippen LogP contribution in [0.5, 0.6) is 0 Å². The van der Waals surface area contributed by atoms with E-state index in [1.807, 2.05) is 7.11 Å². The Labute approximate surface area is 82.3 Å². The molecule has 1 rings (SSSR count). The van der Waals surface area contributed by atoms with Gasteiger partial charge in [-0.1, -0.05) is 20.8 Å². The molecule has 2 nitrogen and oxygen atoms in total. The Hall–Kier alpha value is -0.0800. The lowest BCUT2D eigenvalue weighted by Gasteiger charge is -2.35. The number of rotatable bonds is 2. The largest absolute Gasteiger partial charge is 0.380 e. The summed E-state index contributed by atoms with van der Waals surface area (Å²) >= 11 is 0. The average molecular weight is 185 g/mol. The van der Waals surface area contributed by atoms with Gasteiger partial charge in [-0.25, -0.2) is 0 Å². The molecule has 0 N–H and O–H groups in total. The van der Waals surface area contributed by atoms with Crippen LogP contribution in [0.25, 0.3) is 0 Å². The highest BCUT2D eigenvalue weighted by atomic mass is 16.5. The van der Waals surface area contributed by atoms with Crippen molar-refractivity contribution in [3.63, 3.8) is 0 Å². The first-order valence-electron chi connectivity index (χ1n) is 5.26. The van der Waals surface area contributed by atoms with Crippen molar-refractivity contribution in [2.45, 2.75) is 39.7 Å². The highest BCUT2D eigenvalue weighted by molar-refractivity contribution is 4.76. The molecule has 0 aliphatic carbocycles. The van der Waals surface area contributed by atoms with Gasteiger partial charge < -0.3 is 9.64 Å². The Morgan fingerprint density at radius 3 is 2.62 bits per heavy atom. The molecule has 1 aliphatic rings. The molecule has 0 saturated carbocycles. The monoisotopic (exact) mass is 185 g/mol. The molecule has 78 valence electrons. The lowest BCUT2D eigenvalue weighted by atomic mass is 9.94. The Bertz CT molecular complexity index is 151. The van der Waals surface area contributed by atoms with Crippen LogP contribution in [0.15, 0.2) is 0 Å². The van der Waals surface area contributed by atoms with Crippen molar-refractivity contribution in [2.24, 2.45) is 5.41 Å². The highest BCUT2D eigenvalue weighted by Gasteiger charge is 2.23. The fraction of sp³-hybridized carbons (Fsp3) is 1.00. The van der Waals surface area contributed by atoms with Gasteiger partial charge in [0.25, 0.3) is 0 Å². The third kappa shape index (κ3) is 4.10. The van der Waals surface area contributed by atoms with Gasteiger partial charge in [0.15, 0.2) is 0 Å². The van der Waals surface area contributed by atoms with Crippen LogP contribution in [0.3, 0.4) is 0 Å². The minimum absolute atomic E-state index is 0.412. The Kier molecular flexibility index (Phi) is 3.74. The van der Waals surface area contributed by atoms with Crippen molar-refractivity contribution in [1.29, 1.82) is 0 Å². The zero-order valence-electron chi connectivity index (χ0n) is 9.47. The molecule has 0 spiro atoms. The minimum atomic E-state index is 0.412. The summed E-state index contributed by atoms with van der Waals surface area (Å²) in [7, 11) is 1.82. The van der Waals surface area contributed by atoms with Gasteiger partial charge in [-0.3, -0.25) is 0 Å². The summed E-state index contributed by atoms with van der Waals surface area (Å²) in [5, 5.41) is 0. The third-order valence-corrected chi connectivity index (χ3v) is 2.49. The first-order chi connectivity index (χ1) is 6.01. The molecule has 1 atom stereocenters. The number of likely N-dealkylation sites (tertiary alicyclic amines) is 1. The molecule has 0 aromatic carbocycles. The maximum atomic E-state index is 5.39. The van der Waals surface area contributed by atoms with E-state index in [1.54, 1.807) is 0 Å². The molecule has 1 fully saturated rings. The van der Waals surface area contributed by atoms with Crippen LogP contribution in [0.4, 0.5) is 0 Å². The van der Waals surface area contributed by atoms with Gasteiger partial charge in [-0.05, 0) is 24.8 Å². The van der Waals surface area contributed by atoms with Crippen LogP contribution in [0.1, 0.15) is 33.6 Å². The van der Waals surface area contributed by atoms with Crippen molar-refractivity contribution >= 4 is 0 Å². The van der Waals surface area contributed by atoms with Crippen LogP contribution in [0.2, 0.25) is 0 Å². The second-order valence-electron chi connectivity index (χ2n) is 5.30. The molecule has 0 bridgehead atoms. The van der Waals surface area contributed by atoms with Crippen LogP contribution >= 0.6 is 0 Å². The van der Waals surface area contributed by atoms with E-state index in [9.17, 15) is 0 Å². The fourth-order valence-electron chi connectivity index (χ4n) is 2.02. The summed E-state index contributed by atoms with van der Waals surface area (Å²) in [5.74, 6) is 0. The summed E-state index contributed by atoms with van der Waals surface area (Å²) in [6, 6.07) is 0. The molecule has 1 saturated heterocycles. The standard InChI is InChI=1S/C11H23NO/c1-11(2,3)9-12-7-5-6-10(8-12)13-4/h10H,5-9H2,1-4H3/t10-/m0/s1. The number of piperidine rings is 1. The zero-order valence-corrected chi connectivity index (χ0v) is 9.47. The highest BCUT2D eigenvalue weighted by Crippen LogP contribution is 2.19. The topological polar surface area (TPSA) is 12.5 Å². The van der Waals surface area contributed by atoms with Crippen LogP contribution in [-0.2, 0) is 4.74 Å². The predicted molar refractivity (Wildman–Crippen MR) is 55.9 cm³/mol. The molecule has 1 aliphatic heterocycles. The summed E-state index contributed by atoms with van der Waals surface area (Å²) in [6.07, 6.45) is 2.99. The quantitative estimate of drug-likeness (QED) is 0.653. The zero-order chi connectivity index (χ0) is 9.90. The first-order valence-corrected chi connectivity index (χ1v) is 5.26. The SMILES string of the molecule is CO[C@H]1CCCN(CC(C)(C)C)C1. The molecule has 0 aromatic heterocycles.